The Balaban J connectivity index is 1.45. The number of carbonyl (C=O) groups is 1. The second-order valence-corrected chi connectivity index (χ2v) is 6.77. The lowest BCUT2D eigenvalue weighted by Crippen LogP contribution is -2.18. The van der Waals surface area contributed by atoms with Crippen LogP contribution in [0.3, 0.4) is 0 Å². The van der Waals surface area contributed by atoms with Crippen molar-refractivity contribution >= 4 is 28.8 Å². The van der Waals surface area contributed by atoms with Crippen LogP contribution < -0.4 is 15.5 Å². The van der Waals surface area contributed by atoms with Crippen LogP contribution in [0.15, 0.2) is 60.9 Å². The first kappa shape index (κ1) is 18.4. The van der Waals surface area contributed by atoms with E-state index in [0.29, 0.717) is 22.8 Å². The molecule has 1 fully saturated rings. The van der Waals surface area contributed by atoms with Gasteiger partial charge < -0.3 is 15.5 Å². The average Bonchev–Trinajstić information content (AvgIpc) is 3.30. The molecule has 0 atom stereocenters. The van der Waals surface area contributed by atoms with Crippen molar-refractivity contribution in [3.05, 3.63) is 72.2 Å². The SMILES string of the molecule is N#Cc1ccccc1Nc1cc(C(=O)Nc2ccc(N3CCCC3)cc2)ncn1. The Bertz CT molecular complexity index is 1050. The van der Waals surface area contributed by atoms with Gasteiger partial charge >= 0.3 is 0 Å². The number of hydrogen-bond acceptors (Lipinski definition) is 6. The lowest BCUT2D eigenvalue weighted by Gasteiger charge is -2.17. The predicted octanol–water partition coefficient (Wildman–Crippen LogP) is 3.94. The molecule has 0 bridgehead atoms. The largest absolute Gasteiger partial charge is 0.372 e. The van der Waals surface area contributed by atoms with Gasteiger partial charge in [0.2, 0.25) is 0 Å². The van der Waals surface area contributed by atoms with E-state index in [0.717, 1.165) is 13.1 Å². The first-order valence-electron chi connectivity index (χ1n) is 9.47. The van der Waals surface area contributed by atoms with Crippen LogP contribution >= 0.6 is 0 Å². The molecular weight excluding hydrogens is 364 g/mol. The molecule has 0 aliphatic carbocycles. The molecule has 7 nitrogen and oxygen atoms in total. The fraction of sp³-hybridized carbons (Fsp3) is 0.182. The van der Waals surface area contributed by atoms with Crippen LogP contribution in [-0.2, 0) is 0 Å². The zero-order valence-electron chi connectivity index (χ0n) is 15.8. The number of nitrogens with one attached hydrogen (secondary N) is 2. The molecule has 0 unspecified atom stereocenters. The zero-order chi connectivity index (χ0) is 20.1. The van der Waals surface area contributed by atoms with Gasteiger partial charge in [-0.05, 0) is 49.2 Å². The molecule has 1 aromatic heterocycles. The van der Waals surface area contributed by atoms with E-state index in [4.69, 9.17) is 0 Å². The normalized spacial score (nSPS) is 13.0. The minimum Gasteiger partial charge on any atom is -0.372 e. The lowest BCUT2D eigenvalue weighted by atomic mass is 10.2. The smallest absolute Gasteiger partial charge is 0.274 e. The number of para-hydroxylation sites is 1. The number of nitriles is 1. The van der Waals surface area contributed by atoms with Gasteiger partial charge in [-0.25, -0.2) is 9.97 Å². The van der Waals surface area contributed by atoms with Crippen molar-refractivity contribution in [3.63, 3.8) is 0 Å². The molecule has 1 saturated heterocycles. The second kappa shape index (κ2) is 8.40. The van der Waals surface area contributed by atoms with Crippen molar-refractivity contribution in [3.8, 4) is 6.07 Å². The molecule has 2 N–H and O–H groups in total. The van der Waals surface area contributed by atoms with Crippen molar-refractivity contribution in [1.29, 1.82) is 5.26 Å². The van der Waals surface area contributed by atoms with E-state index in [2.05, 4.69) is 31.6 Å². The topological polar surface area (TPSA) is 93.9 Å². The minimum absolute atomic E-state index is 0.237. The van der Waals surface area contributed by atoms with Gasteiger partial charge in [0.25, 0.3) is 5.91 Å². The van der Waals surface area contributed by atoms with Crippen molar-refractivity contribution in [2.75, 3.05) is 28.6 Å². The first-order valence-corrected chi connectivity index (χ1v) is 9.47. The third-order valence-electron chi connectivity index (χ3n) is 4.81. The Kier molecular flexibility index (Phi) is 5.34. The predicted molar refractivity (Wildman–Crippen MR) is 112 cm³/mol. The van der Waals surface area contributed by atoms with Gasteiger partial charge in [0.15, 0.2) is 0 Å². The molecule has 29 heavy (non-hydrogen) atoms. The molecule has 4 rings (SSSR count). The van der Waals surface area contributed by atoms with Crippen molar-refractivity contribution in [2.24, 2.45) is 0 Å². The van der Waals surface area contributed by atoms with E-state index >= 15 is 0 Å². The number of aromatic nitrogens is 2. The highest BCUT2D eigenvalue weighted by Gasteiger charge is 2.13. The highest BCUT2D eigenvalue weighted by Crippen LogP contribution is 2.23. The molecule has 0 spiro atoms. The van der Waals surface area contributed by atoms with Gasteiger partial charge in [-0.1, -0.05) is 12.1 Å². The molecule has 0 saturated carbocycles. The third kappa shape index (κ3) is 4.33. The van der Waals surface area contributed by atoms with E-state index < -0.39 is 0 Å². The summed E-state index contributed by atoms with van der Waals surface area (Å²) in [5, 5.41) is 15.1. The standard InChI is InChI=1S/C22H20N6O/c23-14-16-5-1-2-6-19(16)27-21-13-20(24-15-25-21)22(29)26-17-7-9-18(10-8-17)28-11-3-4-12-28/h1-2,5-10,13,15H,3-4,11-12H2,(H,26,29)(H,24,25,27). The molecule has 1 aliphatic rings. The van der Waals surface area contributed by atoms with Gasteiger partial charge in [-0.3, -0.25) is 4.79 Å². The fourth-order valence-electron chi connectivity index (χ4n) is 3.30. The molecule has 144 valence electrons. The fourth-order valence-corrected chi connectivity index (χ4v) is 3.30. The number of hydrogen-bond donors (Lipinski definition) is 2. The summed E-state index contributed by atoms with van der Waals surface area (Å²) in [5.41, 5.74) is 3.24. The Morgan fingerprint density at radius 3 is 2.55 bits per heavy atom. The average molecular weight is 384 g/mol. The maximum atomic E-state index is 12.6. The number of benzene rings is 2. The molecular formula is C22H20N6O. The number of rotatable bonds is 5. The Labute approximate surface area is 169 Å². The number of carbonyl (C=O) groups excluding carboxylic acids is 1. The van der Waals surface area contributed by atoms with Gasteiger partial charge in [0, 0.05) is 30.5 Å². The van der Waals surface area contributed by atoms with Crippen LogP contribution in [0.1, 0.15) is 28.9 Å². The summed E-state index contributed by atoms with van der Waals surface area (Å²) in [5.74, 6) is 0.121. The van der Waals surface area contributed by atoms with Crippen LogP contribution in [0.5, 0.6) is 0 Å². The third-order valence-corrected chi connectivity index (χ3v) is 4.81. The maximum Gasteiger partial charge on any atom is 0.274 e. The summed E-state index contributed by atoms with van der Waals surface area (Å²) in [6, 6.07) is 18.6. The zero-order valence-corrected chi connectivity index (χ0v) is 15.8. The van der Waals surface area contributed by atoms with Gasteiger partial charge in [0.1, 0.15) is 23.9 Å². The Hall–Kier alpha value is -3.92. The first-order chi connectivity index (χ1) is 14.2. The molecule has 2 aromatic carbocycles. The van der Waals surface area contributed by atoms with Crippen molar-refractivity contribution < 1.29 is 4.79 Å². The highest BCUT2D eigenvalue weighted by molar-refractivity contribution is 6.03. The summed E-state index contributed by atoms with van der Waals surface area (Å²) in [4.78, 5) is 23.1. The summed E-state index contributed by atoms with van der Waals surface area (Å²) in [6.07, 6.45) is 3.77. The van der Waals surface area contributed by atoms with Crippen molar-refractivity contribution in [1.82, 2.24) is 9.97 Å². The number of anilines is 4. The Morgan fingerprint density at radius 1 is 1.03 bits per heavy atom. The van der Waals surface area contributed by atoms with E-state index in [9.17, 15) is 10.1 Å². The van der Waals surface area contributed by atoms with E-state index in [1.165, 1.54) is 24.9 Å². The highest BCUT2D eigenvalue weighted by atomic mass is 16.1. The number of nitrogens with zero attached hydrogens (tertiary/aromatic N) is 4. The maximum absolute atomic E-state index is 12.6. The van der Waals surface area contributed by atoms with Crippen LogP contribution in [0.25, 0.3) is 0 Å². The van der Waals surface area contributed by atoms with E-state index in [1.54, 1.807) is 24.3 Å². The van der Waals surface area contributed by atoms with Crippen LogP contribution in [-0.4, -0.2) is 29.0 Å². The van der Waals surface area contributed by atoms with E-state index in [1.807, 2.05) is 30.3 Å². The van der Waals surface area contributed by atoms with E-state index in [-0.39, 0.29) is 11.6 Å². The molecule has 1 amide bonds. The van der Waals surface area contributed by atoms with Gasteiger partial charge in [-0.2, -0.15) is 5.26 Å². The quantitative estimate of drug-likeness (QED) is 0.692. The summed E-state index contributed by atoms with van der Waals surface area (Å²) < 4.78 is 0. The molecule has 7 heteroatoms. The monoisotopic (exact) mass is 384 g/mol. The van der Waals surface area contributed by atoms with Crippen LogP contribution in [0.2, 0.25) is 0 Å². The van der Waals surface area contributed by atoms with Crippen molar-refractivity contribution in [2.45, 2.75) is 12.8 Å². The summed E-state index contributed by atoms with van der Waals surface area (Å²) in [6.45, 7) is 2.16. The molecule has 1 aliphatic heterocycles. The summed E-state index contributed by atoms with van der Waals surface area (Å²) in [7, 11) is 0. The molecule has 2 heterocycles. The Morgan fingerprint density at radius 2 is 1.79 bits per heavy atom. The summed E-state index contributed by atoms with van der Waals surface area (Å²) >= 11 is 0. The number of amides is 1. The second-order valence-electron chi connectivity index (χ2n) is 6.77. The molecule has 0 radical (unpaired) electrons. The van der Waals surface area contributed by atoms with Crippen LogP contribution in [0, 0.1) is 11.3 Å². The van der Waals surface area contributed by atoms with Gasteiger partial charge in [-0.15, -0.1) is 0 Å². The minimum atomic E-state index is -0.321. The van der Waals surface area contributed by atoms with Crippen LogP contribution in [0.4, 0.5) is 22.9 Å². The molecule has 3 aromatic rings. The van der Waals surface area contributed by atoms with Gasteiger partial charge in [0.05, 0.1) is 11.3 Å². The lowest BCUT2D eigenvalue weighted by molar-refractivity contribution is 0.102.